The molecule has 1 aromatic carbocycles. The molecule has 2 aliphatic rings. The Balaban J connectivity index is 1.57. The van der Waals surface area contributed by atoms with Crippen LogP contribution < -0.4 is 15.6 Å². The van der Waals surface area contributed by atoms with Crippen LogP contribution in [0.4, 0.5) is 10.5 Å². The number of rotatable bonds is 7. The fraction of sp³-hybridized carbons (Fsp3) is 0.591. The molecule has 8 heteroatoms. The number of anilines is 1. The Kier molecular flexibility index (Phi) is 6.65. The highest BCUT2D eigenvalue weighted by Gasteiger charge is 2.52. The summed E-state index contributed by atoms with van der Waals surface area (Å²) in [6.45, 7) is 5.52. The van der Waals surface area contributed by atoms with Gasteiger partial charge in [0.05, 0.1) is 6.54 Å². The summed E-state index contributed by atoms with van der Waals surface area (Å²) in [5.74, 6) is -0.157. The maximum Gasteiger partial charge on any atom is 0.344 e. The van der Waals surface area contributed by atoms with E-state index in [1.807, 2.05) is 55.1 Å². The summed E-state index contributed by atoms with van der Waals surface area (Å²) in [7, 11) is 3.98. The minimum absolute atomic E-state index is 0.104. The van der Waals surface area contributed by atoms with Crippen LogP contribution in [0.1, 0.15) is 45.1 Å². The molecule has 1 heterocycles. The molecule has 1 aliphatic carbocycles. The maximum absolute atomic E-state index is 12.9. The molecule has 1 saturated carbocycles. The maximum atomic E-state index is 12.9. The van der Waals surface area contributed by atoms with Crippen molar-refractivity contribution in [2.45, 2.75) is 51.6 Å². The van der Waals surface area contributed by atoms with Gasteiger partial charge in [-0.1, -0.05) is 26.0 Å². The van der Waals surface area contributed by atoms with E-state index >= 15 is 0 Å². The van der Waals surface area contributed by atoms with E-state index in [1.165, 1.54) is 0 Å². The Morgan fingerprint density at radius 2 is 1.83 bits per heavy atom. The molecular weight excluding hydrogens is 382 g/mol. The lowest BCUT2D eigenvalue weighted by Gasteiger charge is -2.33. The van der Waals surface area contributed by atoms with Gasteiger partial charge in [0, 0.05) is 26.3 Å². The van der Waals surface area contributed by atoms with Crippen molar-refractivity contribution in [3.8, 4) is 0 Å². The van der Waals surface area contributed by atoms with E-state index in [0.29, 0.717) is 31.8 Å². The molecule has 2 N–H and O–H groups in total. The Bertz CT molecular complexity index is 784. The number of nitrogens with zero attached hydrogens (tertiary/aromatic N) is 3. The normalized spacial score (nSPS) is 23.8. The van der Waals surface area contributed by atoms with E-state index in [2.05, 4.69) is 17.7 Å². The molecule has 0 atom stereocenters. The molecule has 4 amide bonds. The van der Waals surface area contributed by atoms with Crippen molar-refractivity contribution in [1.82, 2.24) is 20.7 Å². The topological polar surface area (TPSA) is 85.0 Å². The van der Waals surface area contributed by atoms with E-state index < -0.39 is 11.6 Å². The highest BCUT2D eigenvalue weighted by molar-refractivity contribution is 6.08. The molecule has 0 radical (unpaired) electrons. The Morgan fingerprint density at radius 1 is 1.20 bits per heavy atom. The van der Waals surface area contributed by atoms with Crippen molar-refractivity contribution < 1.29 is 14.4 Å². The third kappa shape index (κ3) is 4.75. The zero-order valence-electron chi connectivity index (χ0n) is 18.4. The van der Waals surface area contributed by atoms with Crippen LogP contribution in [0.2, 0.25) is 0 Å². The Labute approximate surface area is 178 Å². The van der Waals surface area contributed by atoms with Crippen LogP contribution in [0.5, 0.6) is 0 Å². The summed E-state index contributed by atoms with van der Waals surface area (Å²) in [5.41, 5.74) is 3.88. The van der Waals surface area contributed by atoms with Crippen molar-refractivity contribution in [3.05, 3.63) is 29.8 Å². The summed E-state index contributed by atoms with van der Waals surface area (Å²) >= 11 is 0. The number of hydrogen-bond acceptors (Lipinski definition) is 5. The van der Waals surface area contributed by atoms with Crippen molar-refractivity contribution >= 4 is 23.5 Å². The molecule has 0 unspecified atom stereocenters. The van der Waals surface area contributed by atoms with Gasteiger partial charge in [-0.3, -0.25) is 19.9 Å². The second-order valence-electron chi connectivity index (χ2n) is 8.73. The van der Waals surface area contributed by atoms with Crippen molar-refractivity contribution in [2.75, 3.05) is 32.1 Å². The average molecular weight is 416 g/mol. The first-order valence-corrected chi connectivity index (χ1v) is 10.7. The van der Waals surface area contributed by atoms with Gasteiger partial charge in [-0.05, 0) is 55.8 Å². The third-order valence-corrected chi connectivity index (χ3v) is 6.20. The fourth-order valence-electron chi connectivity index (χ4n) is 4.12. The standard InChI is InChI=1S/C22H33N5O3/c1-5-26(14-17-6-8-18(9-7-17)25(3)4)15-19(28)24-27-20(29)22(23-21(27)30)12-10-16(2)11-13-22/h6-9,16H,5,10-15H2,1-4H3,(H,23,30)(H,24,28). The van der Waals surface area contributed by atoms with Crippen LogP contribution in [-0.2, 0) is 16.1 Å². The van der Waals surface area contributed by atoms with Gasteiger partial charge in [0.1, 0.15) is 5.54 Å². The number of hydrazine groups is 1. The van der Waals surface area contributed by atoms with Gasteiger partial charge in [-0.2, -0.15) is 5.01 Å². The lowest BCUT2D eigenvalue weighted by Crippen LogP contribution is -2.52. The Hall–Kier alpha value is -2.61. The van der Waals surface area contributed by atoms with Crippen molar-refractivity contribution in [3.63, 3.8) is 0 Å². The van der Waals surface area contributed by atoms with E-state index in [9.17, 15) is 14.4 Å². The smallest absolute Gasteiger partial charge is 0.344 e. The molecule has 8 nitrogen and oxygen atoms in total. The van der Waals surface area contributed by atoms with Gasteiger partial charge in [-0.25, -0.2) is 4.79 Å². The largest absolute Gasteiger partial charge is 0.378 e. The highest BCUT2D eigenvalue weighted by atomic mass is 16.2. The molecule has 3 rings (SSSR count). The zero-order chi connectivity index (χ0) is 21.9. The van der Waals surface area contributed by atoms with Crippen LogP contribution in [0.15, 0.2) is 24.3 Å². The number of urea groups is 1. The third-order valence-electron chi connectivity index (χ3n) is 6.20. The summed E-state index contributed by atoms with van der Waals surface area (Å²) in [6.07, 6.45) is 3.03. The van der Waals surface area contributed by atoms with E-state index in [0.717, 1.165) is 29.1 Å². The van der Waals surface area contributed by atoms with Crippen LogP contribution in [0.3, 0.4) is 0 Å². The molecule has 1 aromatic rings. The predicted octanol–water partition coefficient (Wildman–Crippen LogP) is 2.11. The molecule has 2 fully saturated rings. The minimum atomic E-state index is -0.852. The number of amides is 4. The highest BCUT2D eigenvalue weighted by Crippen LogP contribution is 2.35. The molecule has 164 valence electrons. The quantitative estimate of drug-likeness (QED) is 0.667. The first-order chi connectivity index (χ1) is 14.2. The number of benzene rings is 1. The van der Waals surface area contributed by atoms with Gasteiger partial charge < -0.3 is 10.2 Å². The first-order valence-electron chi connectivity index (χ1n) is 10.7. The zero-order valence-corrected chi connectivity index (χ0v) is 18.4. The van der Waals surface area contributed by atoms with Gasteiger partial charge in [0.15, 0.2) is 0 Å². The predicted molar refractivity (Wildman–Crippen MR) is 116 cm³/mol. The molecule has 1 aliphatic heterocycles. The number of nitrogens with one attached hydrogen (secondary N) is 2. The average Bonchev–Trinajstić information content (AvgIpc) is 2.94. The summed E-state index contributed by atoms with van der Waals surface area (Å²) in [5, 5.41) is 3.69. The molecule has 1 spiro atoms. The van der Waals surface area contributed by atoms with Crippen LogP contribution in [0, 0.1) is 5.92 Å². The minimum Gasteiger partial charge on any atom is -0.378 e. The lowest BCUT2D eigenvalue weighted by atomic mass is 9.77. The van der Waals surface area contributed by atoms with Gasteiger partial charge in [-0.15, -0.1) is 0 Å². The first kappa shape index (κ1) is 22.1. The molecule has 0 aromatic heterocycles. The number of hydrogen-bond donors (Lipinski definition) is 2. The summed E-state index contributed by atoms with van der Waals surface area (Å²) in [4.78, 5) is 41.8. The van der Waals surface area contributed by atoms with Crippen LogP contribution >= 0.6 is 0 Å². The van der Waals surface area contributed by atoms with Crippen LogP contribution in [0.25, 0.3) is 0 Å². The van der Waals surface area contributed by atoms with Gasteiger partial charge in [0.2, 0.25) is 0 Å². The molecule has 1 saturated heterocycles. The second kappa shape index (κ2) is 9.04. The van der Waals surface area contributed by atoms with Crippen molar-refractivity contribution in [2.24, 2.45) is 5.92 Å². The van der Waals surface area contributed by atoms with E-state index in [4.69, 9.17) is 0 Å². The molecule has 0 bridgehead atoms. The summed E-state index contributed by atoms with van der Waals surface area (Å²) < 4.78 is 0. The number of carbonyl (C=O) groups is 3. The number of imide groups is 1. The van der Waals surface area contributed by atoms with Crippen molar-refractivity contribution in [1.29, 1.82) is 0 Å². The van der Waals surface area contributed by atoms with E-state index in [-0.39, 0.29) is 18.4 Å². The van der Waals surface area contributed by atoms with Crippen LogP contribution in [-0.4, -0.2) is 60.5 Å². The fourth-order valence-corrected chi connectivity index (χ4v) is 4.12. The molecular formula is C22H33N5O3. The van der Waals surface area contributed by atoms with Gasteiger partial charge >= 0.3 is 6.03 Å². The number of likely N-dealkylation sites (N-methyl/N-ethyl adjacent to an activating group) is 1. The SMILES string of the molecule is CCN(CC(=O)NN1C(=O)NC2(CCC(C)CC2)C1=O)Cc1ccc(N(C)C)cc1. The molecule has 30 heavy (non-hydrogen) atoms. The van der Waals surface area contributed by atoms with E-state index in [1.54, 1.807) is 0 Å². The monoisotopic (exact) mass is 415 g/mol. The second-order valence-corrected chi connectivity index (χ2v) is 8.73. The summed E-state index contributed by atoms with van der Waals surface area (Å²) in [6, 6.07) is 7.63. The van der Waals surface area contributed by atoms with Gasteiger partial charge in [0.25, 0.3) is 11.8 Å². The lowest BCUT2D eigenvalue weighted by molar-refractivity contribution is -0.140. The Morgan fingerprint density at radius 3 is 2.40 bits per heavy atom. The number of carbonyl (C=O) groups excluding carboxylic acids is 3.